The van der Waals surface area contributed by atoms with Crippen molar-refractivity contribution in [3.63, 3.8) is 0 Å². The van der Waals surface area contributed by atoms with Crippen LogP contribution >= 0.6 is 15.9 Å². The molecule has 1 heterocycles. The number of rotatable bonds is 0. The van der Waals surface area contributed by atoms with E-state index in [4.69, 9.17) is 5.73 Å². The van der Waals surface area contributed by atoms with Gasteiger partial charge in [-0.2, -0.15) is 0 Å². The van der Waals surface area contributed by atoms with Crippen molar-refractivity contribution in [1.29, 1.82) is 0 Å². The first-order chi connectivity index (χ1) is 6.66. The van der Waals surface area contributed by atoms with Gasteiger partial charge in [-0.05, 0) is 46.5 Å². The summed E-state index contributed by atoms with van der Waals surface area (Å²) >= 11 is 3.38. The second-order valence-corrected chi connectivity index (χ2v) is 4.29. The predicted octanol–water partition coefficient (Wildman–Crippen LogP) is 2.31. The van der Waals surface area contributed by atoms with Crippen molar-refractivity contribution in [3.8, 4) is 0 Å². The number of aryl methyl sites for hydroxylation is 1. The molecule has 0 spiro atoms. The first kappa shape index (κ1) is 9.52. The van der Waals surface area contributed by atoms with Crippen molar-refractivity contribution < 1.29 is 4.79 Å². The number of nitrogen functional groups attached to an aromatic ring is 1. The van der Waals surface area contributed by atoms with Gasteiger partial charge >= 0.3 is 0 Å². The normalized spacial score (nSPS) is 15.6. The van der Waals surface area contributed by atoms with Gasteiger partial charge in [0.2, 0.25) is 5.91 Å². The largest absolute Gasteiger partial charge is 0.398 e. The molecule has 74 valence electrons. The lowest BCUT2D eigenvalue weighted by molar-refractivity contribution is -0.116. The highest BCUT2D eigenvalue weighted by molar-refractivity contribution is 9.10. The second-order valence-electron chi connectivity index (χ2n) is 3.43. The zero-order chi connectivity index (χ0) is 10.1. The van der Waals surface area contributed by atoms with Gasteiger partial charge in [-0.15, -0.1) is 0 Å². The van der Waals surface area contributed by atoms with E-state index in [1.165, 1.54) is 0 Å². The van der Waals surface area contributed by atoms with Crippen molar-refractivity contribution in [3.05, 3.63) is 22.2 Å². The van der Waals surface area contributed by atoms with Crippen LogP contribution in [0.2, 0.25) is 0 Å². The molecule has 3 N–H and O–H groups in total. The zero-order valence-corrected chi connectivity index (χ0v) is 9.23. The summed E-state index contributed by atoms with van der Waals surface area (Å²) in [7, 11) is 0. The summed E-state index contributed by atoms with van der Waals surface area (Å²) in [5.41, 5.74) is 8.41. The molecule has 1 aromatic carbocycles. The van der Waals surface area contributed by atoms with Crippen molar-refractivity contribution in [1.82, 2.24) is 0 Å². The Labute approximate surface area is 90.8 Å². The Hall–Kier alpha value is -1.03. The monoisotopic (exact) mass is 254 g/mol. The van der Waals surface area contributed by atoms with Gasteiger partial charge in [-0.1, -0.05) is 0 Å². The summed E-state index contributed by atoms with van der Waals surface area (Å²) in [6.07, 6.45) is 2.41. The van der Waals surface area contributed by atoms with Gasteiger partial charge in [-0.25, -0.2) is 0 Å². The number of nitrogens with one attached hydrogen (secondary N) is 1. The number of benzene rings is 1. The number of hydrogen-bond donors (Lipinski definition) is 2. The Morgan fingerprint density at radius 3 is 2.93 bits per heavy atom. The molecule has 14 heavy (non-hydrogen) atoms. The number of halogens is 1. The topological polar surface area (TPSA) is 55.1 Å². The number of amides is 1. The number of nitrogens with two attached hydrogens (primary N) is 1. The maximum absolute atomic E-state index is 11.3. The predicted molar refractivity (Wildman–Crippen MR) is 60.1 cm³/mol. The van der Waals surface area contributed by atoms with Gasteiger partial charge < -0.3 is 11.1 Å². The molecule has 0 radical (unpaired) electrons. The average Bonchev–Trinajstić information content (AvgIpc) is 2.28. The molecule has 3 nitrogen and oxygen atoms in total. The number of anilines is 2. The van der Waals surface area contributed by atoms with Crippen LogP contribution in [0, 0.1) is 0 Å². The lowest BCUT2D eigenvalue weighted by Gasteiger charge is -2.08. The fourth-order valence-electron chi connectivity index (χ4n) is 1.61. The van der Waals surface area contributed by atoms with E-state index in [2.05, 4.69) is 21.2 Å². The molecule has 0 atom stereocenters. The summed E-state index contributed by atoms with van der Waals surface area (Å²) in [5, 5.41) is 2.85. The molecule has 0 saturated heterocycles. The third-order valence-electron chi connectivity index (χ3n) is 2.35. The highest BCUT2D eigenvalue weighted by atomic mass is 79.9. The Bertz CT molecular complexity index is 390. The highest BCUT2D eigenvalue weighted by Crippen LogP contribution is 2.30. The average molecular weight is 255 g/mol. The molecule has 0 saturated carbocycles. The fourth-order valence-corrected chi connectivity index (χ4v) is 2.00. The Balaban J connectivity index is 2.46. The number of hydrogen-bond acceptors (Lipinski definition) is 2. The van der Waals surface area contributed by atoms with E-state index in [0.717, 1.165) is 28.6 Å². The standard InChI is InChI=1S/C10H11BrN2O/c11-7-4-6-2-1-3-10(14)13-9(6)5-8(7)12/h4-5H,1-3,12H2,(H,13,14). The lowest BCUT2D eigenvalue weighted by atomic mass is 10.1. The first-order valence-corrected chi connectivity index (χ1v) is 5.34. The van der Waals surface area contributed by atoms with Crippen molar-refractivity contribution >= 4 is 33.2 Å². The van der Waals surface area contributed by atoms with E-state index in [0.29, 0.717) is 12.1 Å². The van der Waals surface area contributed by atoms with Gasteiger partial charge in [0.1, 0.15) is 0 Å². The van der Waals surface area contributed by atoms with Gasteiger partial charge in [0.15, 0.2) is 0 Å². The van der Waals surface area contributed by atoms with Crippen molar-refractivity contribution in [2.75, 3.05) is 11.1 Å². The van der Waals surface area contributed by atoms with Crippen LogP contribution in [0.5, 0.6) is 0 Å². The molecular formula is C10H11BrN2O. The number of carbonyl (C=O) groups excluding carboxylic acids is 1. The van der Waals surface area contributed by atoms with Crippen LogP contribution in [0.4, 0.5) is 11.4 Å². The minimum atomic E-state index is 0.0745. The Kier molecular flexibility index (Phi) is 2.46. The molecule has 2 rings (SSSR count). The summed E-state index contributed by atoms with van der Waals surface area (Å²) in [6, 6.07) is 3.79. The molecule has 1 amide bonds. The van der Waals surface area contributed by atoms with Gasteiger partial charge in [0, 0.05) is 22.3 Å². The van der Waals surface area contributed by atoms with E-state index in [-0.39, 0.29) is 5.91 Å². The van der Waals surface area contributed by atoms with Crippen LogP contribution in [0.15, 0.2) is 16.6 Å². The van der Waals surface area contributed by atoms with Crippen LogP contribution in [0.3, 0.4) is 0 Å². The molecule has 0 unspecified atom stereocenters. The third kappa shape index (κ3) is 1.75. The van der Waals surface area contributed by atoms with Crippen LogP contribution in [-0.2, 0) is 11.2 Å². The maximum Gasteiger partial charge on any atom is 0.224 e. The Morgan fingerprint density at radius 1 is 1.36 bits per heavy atom. The molecule has 0 aliphatic carbocycles. The smallest absolute Gasteiger partial charge is 0.224 e. The van der Waals surface area contributed by atoms with Crippen molar-refractivity contribution in [2.24, 2.45) is 0 Å². The van der Waals surface area contributed by atoms with E-state index >= 15 is 0 Å². The fraction of sp³-hybridized carbons (Fsp3) is 0.300. The number of fused-ring (bicyclic) bond motifs is 1. The minimum absolute atomic E-state index is 0.0745. The van der Waals surface area contributed by atoms with E-state index < -0.39 is 0 Å². The molecular weight excluding hydrogens is 244 g/mol. The SMILES string of the molecule is Nc1cc2c(cc1Br)CCCC(=O)N2. The quantitative estimate of drug-likeness (QED) is 0.699. The van der Waals surface area contributed by atoms with E-state index in [1.807, 2.05) is 12.1 Å². The molecule has 4 heteroatoms. The van der Waals surface area contributed by atoms with Crippen LogP contribution in [0.25, 0.3) is 0 Å². The van der Waals surface area contributed by atoms with Gasteiger partial charge in [0.25, 0.3) is 0 Å². The van der Waals surface area contributed by atoms with Crippen LogP contribution < -0.4 is 11.1 Å². The molecule has 1 aliphatic rings. The van der Waals surface area contributed by atoms with Gasteiger partial charge in [0.05, 0.1) is 0 Å². The molecule has 1 aromatic rings. The maximum atomic E-state index is 11.3. The van der Waals surface area contributed by atoms with Crippen LogP contribution in [0.1, 0.15) is 18.4 Å². The molecule has 0 fully saturated rings. The molecule has 0 bridgehead atoms. The molecule has 0 aromatic heterocycles. The highest BCUT2D eigenvalue weighted by Gasteiger charge is 2.13. The zero-order valence-electron chi connectivity index (χ0n) is 7.64. The minimum Gasteiger partial charge on any atom is -0.398 e. The third-order valence-corrected chi connectivity index (χ3v) is 3.03. The first-order valence-electron chi connectivity index (χ1n) is 4.54. The van der Waals surface area contributed by atoms with Gasteiger partial charge in [-0.3, -0.25) is 4.79 Å². The summed E-state index contributed by atoms with van der Waals surface area (Å²) < 4.78 is 0.896. The summed E-state index contributed by atoms with van der Waals surface area (Å²) in [4.78, 5) is 11.3. The lowest BCUT2D eigenvalue weighted by Crippen LogP contribution is -2.09. The molecule has 1 aliphatic heterocycles. The number of carbonyl (C=O) groups is 1. The van der Waals surface area contributed by atoms with Crippen molar-refractivity contribution in [2.45, 2.75) is 19.3 Å². The van der Waals surface area contributed by atoms with Crippen LogP contribution in [-0.4, -0.2) is 5.91 Å². The van der Waals surface area contributed by atoms with E-state index in [1.54, 1.807) is 0 Å². The summed E-state index contributed by atoms with van der Waals surface area (Å²) in [5.74, 6) is 0.0745. The second kappa shape index (κ2) is 3.61. The summed E-state index contributed by atoms with van der Waals surface area (Å²) in [6.45, 7) is 0. The Morgan fingerprint density at radius 2 is 2.14 bits per heavy atom. The van der Waals surface area contributed by atoms with E-state index in [9.17, 15) is 4.79 Å².